The van der Waals surface area contributed by atoms with Gasteiger partial charge in [-0.25, -0.2) is 14.2 Å². The molecular weight excluding hydrogens is 255 g/mol. The number of nitrogens with zero attached hydrogens (tertiary/aromatic N) is 2. The van der Waals surface area contributed by atoms with Gasteiger partial charge in [0.2, 0.25) is 0 Å². The summed E-state index contributed by atoms with van der Waals surface area (Å²) >= 11 is 0. The monoisotopic (exact) mass is 268 g/mol. The normalized spacial score (nSPS) is 16.8. The summed E-state index contributed by atoms with van der Waals surface area (Å²) in [5.74, 6) is -1.88. The molecule has 0 spiro atoms. The highest BCUT2D eigenvalue weighted by atomic mass is 19.1. The molecule has 0 unspecified atom stereocenters. The number of carboxylic acids is 1. The van der Waals surface area contributed by atoms with E-state index in [1.54, 1.807) is 6.92 Å². The molecule has 102 valence electrons. The van der Waals surface area contributed by atoms with Crippen molar-refractivity contribution in [2.24, 2.45) is 0 Å². The van der Waals surface area contributed by atoms with Crippen LogP contribution in [0, 0.1) is 5.82 Å². The summed E-state index contributed by atoms with van der Waals surface area (Å²) in [6, 6.07) is 2.48. The van der Waals surface area contributed by atoms with Crippen LogP contribution in [0.15, 0.2) is 18.3 Å². The largest absolute Gasteiger partial charge is 0.480 e. The molecule has 7 heteroatoms. The van der Waals surface area contributed by atoms with Crippen LogP contribution in [-0.4, -0.2) is 52.2 Å². The smallest absolute Gasteiger partial charge is 0.329 e. The van der Waals surface area contributed by atoms with Gasteiger partial charge in [-0.15, -0.1) is 0 Å². The van der Waals surface area contributed by atoms with E-state index in [-0.39, 0.29) is 24.7 Å². The number of carbonyl (C=O) groups is 2. The van der Waals surface area contributed by atoms with Crippen LogP contribution in [-0.2, 0) is 9.53 Å². The van der Waals surface area contributed by atoms with Crippen molar-refractivity contribution < 1.29 is 23.8 Å². The van der Waals surface area contributed by atoms with Crippen LogP contribution in [0.3, 0.4) is 0 Å². The maximum absolute atomic E-state index is 12.7. The highest BCUT2D eigenvalue weighted by molar-refractivity contribution is 5.93. The zero-order chi connectivity index (χ0) is 14.0. The summed E-state index contributed by atoms with van der Waals surface area (Å²) in [5.41, 5.74) is -0.490. The van der Waals surface area contributed by atoms with Gasteiger partial charge in [0.25, 0.3) is 5.91 Å². The Bertz CT molecular complexity index is 497. The van der Waals surface area contributed by atoms with Gasteiger partial charge < -0.3 is 14.7 Å². The fourth-order valence-corrected chi connectivity index (χ4v) is 1.90. The lowest BCUT2D eigenvalue weighted by Crippen LogP contribution is -2.63. The molecule has 0 aliphatic carbocycles. The Hall–Kier alpha value is -2.02. The summed E-state index contributed by atoms with van der Waals surface area (Å²) in [4.78, 5) is 27.5. The standard InChI is InChI=1S/C12H13FN2O4/c1-12(19-5-10(16)17)6-15(7-12)11(18)9-3-2-8(13)4-14-9/h2-4H,5-7H2,1H3,(H,16,17). The number of rotatable bonds is 4. The minimum atomic E-state index is -1.05. The molecule has 1 amide bonds. The molecule has 1 aliphatic heterocycles. The van der Waals surface area contributed by atoms with Gasteiger partial charge in [-0.05, 0) is 19.1 Å². The lowest BCUT2D eigenvalue weighted by molar-refractivity contribution is -0.159. The second kappa shape index (κ2) is 4.93. The number of pyridine rings is 1. The van der Waals surface area contributed by atoms with Gasteiger partial charge in [-0.1, -0.05) is 0 Å². The van der Waals surface area contributed by atoms with Gasteiger partial charge in [0.15, 0.2) is 0 Å². The molecule has 1 saturated heterocycles. The van der Waals surface area contributed by atoms with Crippen molar-refractivity contribution in [3.05, 3.63) is 29.8 Å². The number of carbonyl (C=O) groups excluding carboxylic acids is 1. The van der Waals surface area contributed by atoms with Gasteiger partial charge in [0.05, 0.1) is 19.3 Å². The molecule has 2 heterocycles. The average molecular weight is 268 g/mol. The number of hydrogen-bond donors (Lipinski definition) is 1. The second-order valence-electron chi connectivity index (χ2n) is 4.66. The Kier molecular flexibility index (Phi) is 3.48. The van der Waals surface area contributed by atoms with Crippen LogP contribution in [0.5, 0.6) is 0 Å². The van der Waals surface area contributed by atoms with E-state index in [1.165, 1.54) is 17.0 Å². The van der Waals surface area contributed by atoms with Crippen molar-refractivity contribution in [1.82, 2.24) is 9.88 Å². The minimum absolute atomic E-state index is 0.154. The van der Waals surface area contributed by atoms with E-state index >= 15 is 0 Å². The number of hydrogen-bond acceptors (Lipinski definition) is 4. The van der Waals surface area contributed by atoms with E-state index in [0.717, 1.165) is 6.20 Å². The summed E-state index contributed by atoms with van der Waals surface area (Å²) < 4.78 is 17.9. The summed E-state index contributed by atoms with van der Waals surface area (Å²) in [6.07, 6.45) is 0.979. The molecular formula is C12H13FN2O4. The van der Waals surface area contributed by atoms with Gasteiger partial charge in [0, 0.05) is 0 Å². The predicted octanol–water partition coefficient (Wildman–Crippen LogP) is 0.536. The number of carboxylic acid groups (broad SMARTS) is 1. The topological polar surface area (TPSA) is 79.7 Å². The first kappa shape index (κ1) is 13.4. The van der Waals surface area contributed by atoms with Crippen LogP contribution >= 0.6 is 0 Å². The number of aliphatic carboxylic acids is 1. The molecule has 1 aromatic heterocycles. The number of likely N-dealkylation sites (tertiary alicyclic amines) is 1. The molecule has 1 fully saturated rings. The van der Waals surface area contributed by atoms with Gasteiger partial charge in [0.1, 0.15) is 23.7 Å². The van der Waals surface area contributed by atoms with E-state index in [9.17, 15) is 14.0 Å². The number of aromatic nitrogens is 1. The van der Waals surface area contributed by atoms with Crippen LogP contribution in [0.25, 0.3) is 0 Å². The highest BCUT2D eigenvalue weighted by Crippen LogP contribution is 2.25. The van der Waals surface area contributed by atoms with E-state index in [1.807, 2.05) is 0 Å². The molecule has 2 rings (SSSR count). The molecule has 0 aromatic carbocycles. The molecule has 1 N–H and O–H groups in total. The highest BCUT2D eigenvalue weighted by Gasteiger charge is 2.43. The lowest BCUT2D eigenvalue weighted by atomic mass is 9.96. The fourth-order valence-electron chi connectivity index (χ4n) is 1.90. The van der Waals surface area contributed by atoms with Crippen molar-refractivity contribution in [3.8, 4) is 0 Å². The Balaban J connectivity index is 1.91. The number of halogens is 1. The SMILES string of the molecule is CC1(OCC(=O)O)CN(C(=O)c2ccc(F)cn2)C1. The molecule has 19 heavy (non-hydrogen) atoms. The Morgan fingerprint density at radius 1 is 1.53 bits per heavy atom. The van der Waals surface area contributed by atoms with Crippen molar-refractivity contribution >= 4 is 11.9 Å². The third-order valence-electron chi connectivity index (χ3n) is 2.83. The number of amides is 1. The maximum atomic E-state index is 12.7. The third kappa shape index (κ3) is 3.05. The fraction of sp³-hybridized carbons (Fsp3) is 0.417. The molecule has 0 bridgehead atoms. The molecule has 0 saturated carbocycles. The Morgan fingerprint density at radius 2 is 2.21 bits per heavy atom. The Morgan fingerprint density at radius 3 is 2.74 bits per heavy atom. The predicted molar refractivity (Wildman–Crippen MR) is 62.1 cm³/mol. The third-order valence-corrected chi connectivity index (χ3v) is 2.83. The van der Waals surface area contributed by atoms with Gasteiger partial charge in [-0.3, -0.25) is 4.79 Å². The van der Waals surface area contributed by atoms with Crippen molar-refractivity contribution in [2.45, 2.75) is 12.5 Å². The Labute approximate surface area is 108 Å². The zero-order valence-corrected chi connectivity index (χ0v) is 10.3. The first-order chi connectivity index (χ1) is 8.89. The average Bonchev–Trinajstić information content (AvgIpc) is 2.33. The van der Waals surface area contributed by atoms with Gasteiger partial charge >= 0.3 is 5.97 Å². The second-order valence-corrected chi connectivity index (χ2v) is 4.66. The molecule has 0 atom stereocenters. The molecule has 6 nitrogen and oxygen atoms in total. The van der Waals surface area contributed by atoms with Crippen LogP contribution in [0.1, 0.15) is 17.4 Å². The summed E-state index contributed by atoms with van der Waals surface area (Å²) in [7, 11) is 0. The van der Waals surface area contributed by atoms with Crippen LogP contribution in [0.4, 0.5) is 4.39 Å². The minimum Gasteiger partial charge on any atom is -0.480 e. The van der Waals surface area contributed by atoms with E-state index < -0.39 is 24.0 Å². The van der Waals surface area contributed by atoms with E-state index in [2.05, 4.69) is 4.98 Å². The van der Waals surface area contributed by atoms with Gasteiger partial charge in [-0.2, -0.15) is 0 Å². The lowest BCUT2D eigenvalue weighted by Gasteiger charge is -2.47. The maximum Gasteiger partial charge on any atom is 0.329 e. The van der Waals surface area contributed by atoms with E-state index in [0.29, 0.717) is 0 Å². The first-order valence-corrected chi connectivity index (χ1v) is 5.66. The number of ether oxygens (including phenoxy) is 1. The van der Waals surface area contributed by atoms with E-state index in [4.69, 9.17) is 9.84 Å². The summed E-state index contributed by atoms with van der Waals surface area (Å²) in [6.45, 7) is 1.92. The van der Waals surface area contributed by atoms with Crippen molar-refractivity contribution in [2.75, 3.05) is 19.7 Å². The zero-order valence-electron chi connectivity index (χ0n) is 10.3. The molecule has 1 aliphatic rings. The molecule has 1 aromatic rings. The van der Waals surface area contributed by atoms with Crippen molar-refractivity contribution in [3.63, 3.8) is 0 Å². The van der Waals surface area contributed by atoms with Crippen LogP contribution in [0.2, 0.25) is 0 Å². The molecule has 0 radical (unpaired) electrons. The first-order valence-electron chi connectivity index (χ1n) is 5.66. The van der Waals surface area contributed by atoms with Crippen molar-refractivity contribution in [1.29, 1.82) is 0 Å². The summed E-state index contributed by atoms with van der Waals surface area (Å²) in [5, 5.41) is 8.52. The quantitative estimate of drug-likeness (QED) is 0.862. The van der Waals surface area contributed by atoms with Crippen LogP contribution < -0.4 is 0 Å².